The highest BCUT2D eigenvalue weighted by molar-refractivity contribution is 5.83. The molecule has 0 unspecified atom stereocenters. The third-order valence-corrected chi connectivity index (χ3v) is 3.19. The summed E-state index contributed by atoms with van der Waals surface area (Å²) < 4.78 is 5.33. The number of rotatable bonds is 6. The summed E-state index contributed by atoms with van der Waals surface area (Å²) >= 11 is 0. The van der Waals surface area contributed by atoms with Gasteiger partial charge in [0.2, 0.25) is 0 Å². The highest BCUT2D eigenvalue weighted by Crippen LogP contribution is 2.20. The van der Waals surface area contributed by atoms with E-state index in [2.05, 4.69) is 11.0 Å². The smallest absolute Gasteiger partial charge is 0.139 e. The number of nitrogens with zero attached hydrogens (tertiary/aromatic N) is 1. The zero-order valence-electron chi connectivity index (χ0n) is 12.7. The van der Waals surface area contributed by atoms with Crippen molar-refractivity contribution in [1.82, 2.24) is 4.90 Å². The van der Waals surface area contributed by atoms with Gasteiger partial charge in [0.15, 0.2) is 0 Å². The molecule has 0 N–H and O–H groups in total. The van der Waals surface area contributed by atoms with Gasteiger partial charge in [-0.2, -0.15) is 0 Å². The van der Waals surface area contributed by atoms with E-state index in [9.17, 15) is 4.79 Å². The number of para-hydroxylation sites is 1. The molecule has 1 aromatic rings. The molecule has 0 amide bonds. The lowest BCUT2D eigenvalue weighted by molar-refractivity contribution is -0.126. The Bertz CT molecular complexity index is 421. The van der Waals surface area contributed by atoms with E-state index in [1.54, 1.807) is 7.11 Å². The van der Waals surface area contributed by atoms with E-state index in [4.69, 9.17) is 4.74 Å². The molecule has 0 atom stereocenters. The normalized spacial score (nSPS) is 11.7. The molecule has 3 nitrogen and oxygen atoms in total. The first kappa shape index (κ1) is 15.7. The Morgan fingerprint density at radius 3 is 2.47 bits per heavy atom. The Morgan fingerprint density at radius 2 is 1.89 bits per heavy atom. The summed E-state index contributed by atoms with van der Waals surface area (Å²) in [5.41, 5.74) is 0.904. The third-order valence-electron chi connectivity index (χ3n) is 3.19. The second kappa shape index (κ2) is 6.71. The fourth-order valence-corrected chi connectivity index (χ4v) is 1.87. The van der Waals surface area contributed by atoms with Crippen LogP contribution in [0.3, 0.4) is 0 Å². The zero-order valence-corrected chi connectivity index (χ0v) is 12.7. The lowest BCUT2D eigenvalue weighted by Gasteiger charge is -2.21. The summed E-state index contributed by atoms with van der Waals surface area (Å²) in [5.74, 6) is 1.20. The number of carbonyl (C=O) groups excluding carboxylic acids is 1. The van der Waals surface area contributed by atoms with Crippen LogP contribution in [-0.2, 0) is 11.3 Å². The predicted octanol–water partition coefficient (Wildman–Crippen LogP) is 3.13. The first-order chi connectivity index (χ1) is 8.84. The van der Waals surface area contributed by atoms with Crippen molar-refractivity contribution >= 4 is 5.78 Å². The van der Waals surface area contributed by atoms with E-state index < -0.39 is 0 Å². The highest BCUT2D eigenvalue weighted by atomic mass is 16.5. The van der Waals surface area contributed by atoms with Crippen LogP contribution in [0.5, 0.6) is 5.75 Å². The van der Waals surface area contributed by atoms with Gasteiger partial charge in [-0.15, -0.1) is 0 Å². The van der Waals surface area contributed by atoms with Crippen LogP contribution in [0, 0.1) is 5.41 Å². The summed E-state index contributed by atoms with van der Waals surface area (Å²) in [6.45, 7) is 7.47. The molecule has 1 rings (SSSR count). The van der Waals surface area contributed by atoms with Crippen LogP contribution in [0.2, 0.25) is 0 Å². The zero-order chi connectivity index (χ0) is 14.5. The van der Waals surface area contributed by atoms with E-state index in [1.165, 1.54) is 0 Å². The first-order valence-electron chi connectivity index (χ1n) is 6.68. The number of ether oxygens (including phenoxy) is 1. The van der Waals surface area contributed by atoms with Crippen LogP contribution in [0.15, 0.2) is 24.3 Å². The lowest BCUT2D eigenvalue weighted by Crippen LogP contribution is -2.27. The van der Waals surface area contributed by atoms with Crippen molar-refractivity contribution in [3.8, 4) is 5.75 Å². The van der Waals surface area contributed by atoms with Crippen molar-refractivity contribution in [2.45, 2.75) is 33.7 Å². The van der Waals surface area contributed by atoms with Crippen molar-refractivity contribution < 1.29 is 9.53 Å². The average Bonchev–Trinajstić information content (AvgIpc) is 2.35. The van der Waals surface area contributed by atoms with Crippen molar-refractivity contribution in [3.05, 3.63) is 29.8 Å². The molecule has 0 fully saturated rings. The molecule has 0 bridgehead atoms. The molecular weight excluding hydrogens is 238 g/mol. The van der Waals surface area contributed by atoms with Gasteiger partial charge < -0.3 is 9.64 Å². The van der Waals surface area contributed by atoms with E-state index in [-0.39, 0.29) is 5.41 Å². The van der Waals surface area contributed by atoms with E-state index in [1.807, 2.05) is 46.0 Å². The summed E-state index contributed by atoms with van der Waals surface area (Å²) in [6, 6.07) is 7.99. The molecule has 0 aliphatic heterocycles. The van der Waals surface area contributed by atoms with Gasteiger partial charge in [-0.3, -0.25) is 4.79 Å². The maximum Gasteiger partial charge on any atom is 0.139 e. The molecule has 19 heavy (non-hydrogen) atoms. The first-order valence-corrected chi connectivity index (χ1v) is 6.68. The molecule has 0 aliphatic rings. The number of hydrogen-bond acceptors (Lipinski definition) is 3. The van der Waals surface area contributed by atoms with Gasteiger partial charge in [0.1, 0.15) is 11.5 Å². The van der Waals surface area contributed by atoms with E-state index in [0.29, 0.717) is 12.2 Å². The fourth-order valence-electron chi connectivity index (χ4n) is 1.87. The monoisotopic (exact) mass is 263 g/mol. The molecule has 0 spiro atoms. The average molecular weight is 263 g/mol. The van der Waals surface area contributed by atoms with Gasteiger partial charge in [-0.05, 0) is 13.1 Å². The number of ketones is 1. The quantitative estimate of drug-likeness (QED) is 0.789. The van der Waals surface area contributed by atoms with Crippen LogP contribution in [-0.4, -0.2) is 31.4 Å². The minimum absolute atomic E-state index is 0.245. The predicted molar refractivity (Wildman–Crippen MR) is 78.4 cm³/mol. The van der Waals surface area contributed by atoms with Crippen LogP contribution in [0.25, 0.3) is 0 Å². The minimum Gasteiger partial charge on any atom is -0.496 e. The van der Waals surface area contributed by atoms with E-state index >= 15 is 0 Å². The molecule has 1 aromatic carbocycles. The SMILES string of the molecule is COc1ccccc1CN(C)CCC(=O)C(C)(C)C. The van der Waals surface area contributed by atoms with E-state index in [0.717, 1.165) is 24.4 Å². The molecular formula is C16H25NO2. The number of methoxy groups -OCH3 is 1. The largest absolute Gasteiger partial charge is 0.496 e. The van der Waals surface area contributed by atoms with Gasteiger partial charge in [0, 0.05) is 30.5 Å². The summed E-state index contributed by atoms with van der Waals surface area (Å²) in [5, 5.41) is 0. The Balaban J connectivity index is 2.52. The van der Waals surface area contributed by atoms with Gasteiger partial charge >= 0.3 is 0 Å². The van der Waals surface area contributed by atoms with Crippen LogP contribution in [0.1, 0.15) is 32.8 Å². The molecule has 0 radical (unpaired) electrons. The van der Waals surface area contributed by atoms with Crippen molar-refractivity contribution in [2.24, 2.45) is 5.41 Å². The Hall–Kier alpha value is -1.35. The number of hydrogen-bond donors (Lipinski definition) is 0. The molecule has 0 aromatic heterocycles. The molecule has 0 saturated carbocycles. The maximum absolute atomic E-state index is 11.9. The Morgan fingerprint density at radius 1 is 1.26 bits per heavy atom. The second-order valence-corrected chi connectivity index (χ2v) is 5.97. The third kappa shape index (κ3) is 5.03. The van der Waals surface area contributed by atoms with Crippen molar-refractivity contribution in [2.75, 3.05) is 20.7 Å². The minimum atomic E-state index is -0.245. The summed E-state index contributed by atoms with van der Waals surface area (Å²) in [6.07, 6.45) is 0.592. The molecule has 106 valence electrons. The fraction of sp³-hybridized carbons (Fsp3) is 0.562. The Kier molecular flexibility index (Phi) is 5.55. The molecule has 0 saturated heterocycles. The molecule has 0 heterocycles. The Labute approximate surface area is 116 Å². The number of carbonyl (C=O) groups is 1. The van der Waals surface area contributed by atoms with Gasteiger partial charge in [0.25, 0.3) is 0 Å². The van der Waals surface area contributed by atoms with Gasteiger partial charge in [-0.25, -0.2) is 0 Å². The number of benzene rings is 1. The number of Topliss-reactive ketones (excluding diaryl/α,β-unsaturated/α-hetero) is 1. The van der Waals surface area contributed by atoms with Crippen LogP contribution >= 0.6 is 0 Å². The standard InChI is InChI=1S/C16H25NO2/c1-16(2,3)15(18)10-11-17(4)12-13-8-6-7-9-14(13)19-5/h6-9H,10-12H2,1-5H3. The van der Waals surface area contributed by atoms with Crippen molar-refractivity contribution in [1.29, 1.82) is 0 Å². The maximum atomic E-state index is 11.9. The molecule has 0 aliphatic carbocycles. The topological polar surface area (TPSA) is 29.5 Å². The highest BCUT2D eigenvalue weighted by Gasteiger charge is 2.20. The van der Waals surface area contributed by atoms with Crippen molar-refractivity contribution in [3.63, 3.8) is 0 Å². The molecule has 3 heteroatoms. The summed E-state index contributed by atoms with van der Waals surface area (Å²) in [7, 11) is 3.71. The van der Waals surface area contributed by atoms with Crippen LogP contribution < -0.4 is 4.74 Å². The van der Waals surface area contributed by atoms with Crippen LogP contribution in [0.4, 0.5) is 0 Å². The lowest BCUT2D eigenvalue weighted by atomic mass is 9.89. The summed E-state index contributed by atoms with van der Waals surface area (Å²) in [4.78, 5) is 14.0. The van der Waals surface area contributed by atoms with Gasteiger partial charge in [-0.1, -0.05) is 39.0 Å². The van der Waals surface area contributed by atoms with Gasteiger partial charge in [0.05, 0.1) is 7.11 Å². The second-order valence-electron chi connectivity index (χ2n) is 5.97.